The van der Waals surface area contributed by atoms with E-state index in [1.54, 1.807) is 24.3 Å². The lowest BCUT2D eigenvalue weighted by molar-refractivity contribution is -0.127. The van der Waals surface area contributed by atoms with Crippen LogP contribution in [0.5, 0.6) is 5.75 Å². The molecule has 1 heterocycles. The van der Waals surface area contributed by atoms with E-state index in [2.05, 4.69) is 12.2 Å². The van der Waals surface area contributed by atoms with Crippen molar-refractivity contribution in [3.63, 3.8) is 0 Å². The first-order chi connectivity index (χ1) is 19.9. The van der Waals surface area contributed by atoms with Gasteiger partial charge in [-0.2, -0.15) is 0 Å². The third kappa shape index (κ3) is 9.07. The van der Waals surface area contributed by atoms with Gasteiger partial charge in [0.15, 0.2) is 0 Å². The van der Waals surface area contributed by atoms with Crippen molar-refractivity contribution in [1.29, 1.82) is 0 Å². The van der Waals surface area contributed by atoms with Crippen LogP contribution in [0, 0.1) is 5.92 Å². The molecule has 1 fully saturated rings. The van der Waals surface area contributed by atoms with E-state index >= 15 is 0 Å². The molecular weight excluding hydrogens is 518 g/mol. The molecule has 7 nitrogen and oxygen atoms in total. The third-order valence-corrected chi connectivity index (χ3v) is 7.42. The molecule has 4 rings (SSSR count). The van der Waals surface area contributed by atoms with Gasteiger partial charge in [0.1, 0.15) is 5.75 Å². The molecule has 0 aliphatic carbocycles. The van der Waals surface area contributed by atoms with E-state index in [0.29, 0.717) is 13.0 Å². The van der Waals surface area contributed by atoms with Crippen LogP contribution in [0.1, 0.15) is 69.5 Å². The van der Waals surface area contributed by atoms with Crippen molar-refractivity contribution in [3.05, 3.63) is 107 Å². The van der Waals surface area contributed by atoms with Gasteiger partial charge in [0.05, 0.1) is 17.7 Å². The van der Waals surface area contributed by atoms with Crippen LogP contribution in [0.25, 0.3) is 6.08 Å². The molecule has 41 heavy (non-hydrogen) atoms. The van der Waals surface area contributed by atoms with Crippen LogP contribution in [0.2, 0.25) is 0 Å². The van der Waals surface area contributed by atoms with Gasteiger partial charge >= 0.3 is 11.9 Å². The van der Waals surface area contributed by atoms with E-state index in [1.807, 2.05) is 53.4 Å². The van der Waals surface area contributed by atoms with Crippen LogP contribution in [0.15, 0.2) is 78.9 Å². The van der Waals surface area contributed by atoms with E-state index < -0.39 is 11.9 Å². The maximum absolute atomic E-state index is 11.8. The SMILES string of the molecule is O=C(O)c1ccc(CCC(C=Cc2ccccc2OCCCCN2CCCC2=O)Cc2ccc(C(=O)O)cc2)cc1. The summed E-state index contributed by atoms with van der Waals surface area (Å²) >= 11 is 0. The Labute approximate surface area is 241 Å². The predicted molar refractivity (Wildman–Crippen MR) is 158 cm³/mol. The van der Waals surface area contributed by atoms with Gasteiger partial charge in [0.2, 0.25) is 5.91 Å². The minimum Gasteiger partial charge on any atom is -0.493 e. The smallest absolute Gasteiger partial charge is 0.335 e. The van der Waals surface area contributed by atoms with Crippen molar-refractivity contribution in [2.45, 2.75) is 44.9 Å². The van der Waals surface area contributed by atoms with Gasteiger partial charge in [-0.1, -0.05) is 54.6 Å². The molecule has 0 spiro atoms. The molecule has 0 bridgehead atoms. The minimum absolute atomic E-state index is 0.163. The minimum atomic E-state index is -0.945. The average molecular weight is 556 g/mol. The third-order valence-electron chi connectivity index (χ3n) is 7.42. The fourth-order valence-electron chi connectivity index (χ4n) is 5.04. The van der Waals surface area contributed by atoms with Crippen molar-refractivity contribution < 1.29 is 29.3 Å². The van der Waals surface area contributed by atoms with E-state index in [0.717, 1.165) is 74.1 Å². The largest absolute Gasteiger partial charge is 0.493 e. The Bertz CT molecular complexity index is 1350. The first-order valence-electron chi connectivity index (χ1n) is 14.2. The second-order valence-electron chi connectivity index (χ2n) is 10.4. The molecule has 0 aromatic heterocycles. The summed E-state index contributed by atoms with van der Waals surface area (Å²) in [5.74, 6) is -0.652. The second-order valence-corrected chi connectivity index (χ2v) is 10.4. The average Bonchev–Trinajstić information content (AvgIpc) is 3.39. The van der Waals surface area contributed by atoms with Crippen molar-refractivity contribution in [1.82, 2.24) is 4.90 Å². The number of amides is 1. The Morgan fingerprint density at radius 2 is 1.54 bits per heavy atom. The summed E-state index contributed by atoms with van der Waals surface area (Å²) in [5, 5.41) is 18.4. The van der Waals surface area contributed by atoms with E-state index in [4.69, 9.17) is 4.74 Å². The normalized spacial score (nSPS) is 14.0. The summed E-state index contributed by atoms with van der Waals surface area (Å²) in [5.41, 5.74) is 3.63. The molecule has 3 aromatic rings. The van der Waals surface area contributed by atoms with Gasteiger partial charge in [-0.25, -0.2) is 9.59 Å². The van der Waals surface area contributed by atoms with Crippen molar-refractivity contribution in [3.8, 4) is 5.75 Å². The van der Waals surface area contributed by atoms with Crippen molar-refractivity contribution in [2.75, 3.05) is 19.7 Å². The summed E-state index contributed by atoms with van der Waals surface area (Å²) in [6.07, 6.45) is 10.0. The second kappa shape index (κ2) is 14.8. The van der Waals surface area contributed by atoms with E-state index in [-0.39, 0.29) is 23.0 Å². The highest BCUT2D eigenvalue weighted by atomic mass is 16.5. The Kier molecular flexibility index (Phi) is 10.7. The molecular formula is C34H37NO6. The van der Waals surface area contributed by atoms with Crippen LogP contribution in [-0.2, 0) is 17.6 Å². The highest BCUT2D eigenvalue weighted by molar-refractivity contribution is 5.88. The molecule has 1 saturated heterocycles. The molecule has 214 valence electrons. The number of para-hydroxylation sites is 1. The van der Waals surface area contributed by atoms with Crippen molar-refractivity contribution in [2.24, 2.45) is 5.92 Å². The molecule has 0 saturated carbocycles. The van der Waals surface area contributed by atoms with Gasteiger partial charge in [-0.05, 0) is 85.9 Å². The number of hydrogen-bond acceptors (Lipinski definition) is 4. The summed E-state index contributed by atoms with van der Waals surface area (Å²) in [7, 11) is 0. The van der Waals surface area contributed by atoms with Crippen LogP contribution >= 0.6 is 0 Å². The molecule has 1 aliphatic rings. The highest BCUT2D eigenvalue weighted by Crippen LogP contribution is 2.24. The predicted octanol–water partition coefficient (Wildman–Crippen LogP) is 6.37. The van der Waals surface area contributed by atoms with E-state index in [9.17, 15) is 24.6 Å². The lowest BCUT2D eigenvalue weighted by atomic mass is 9.91. The Hall–Kier alpha value is -4.39. The van der Waals surface area contributed by atoms with Gasteiger partial charge in [-0.15, -0.1) is 0 Å². The first kappa shape index (κ1) is 29.6. The first-order valence-corrected chi connectivity index (χ1v) is 14.2. The summed E-state index contributed by atoms with van der Waals surface area (Å²) in [6.45, 7) is 2.24. The Morgan fingerprint density at radius 1 is 0.878 bits per heavy atom. The number of carbonyl (C=O) groups excluding carboxylic acids is 1. The maximum atomic E-state index is 11.8. The number of unbranched alkanes of at least 4 members (excludes halogenated alkanes) is 1. The number of carboxylic acid groups (broad SMARTS) is 2. The lowest BCUT2D eigenvalue weighted by Crippen LogP contribution is -2.25. The van der Waals surface area contributed by atoms with Gasteiger partial charge in [0, 0.05) is 25.1 Å². The molecule has 7 heteroatoms. The van der Waals surface area contributed by atoms with E-state index in [1.165, 1.54) is 0 Å². The van der Waals surface area contributed by atoms with Crippen molar-refractivity contribution >= 4 is 23.9 Å². The number of aryl methyl sites for hydroxylation is 1. The quantitative estimate of drug-likeness (QED) is 0.211. The molecule has 1 unspecified atom stereocenters. The number of carbonyl (C=O) groups is 3. The Morgan fingerprint density at radius 3 is 2.17 bits per heavy atom. The summed E-state index contributed by atoms with van der Waals surface area (Å²) < 4.78 is 6.12. The maximum Gasteiger partial charge on any atom is 0.335 e. The Balaban J connectivity index is 1.40. The summed E-state index contributed by atoms with van der Waals surface area (Å²) in [4.78, 5) is 36.2. The zero-order chi connectivity index (χ0) is 29.0. The zero-order valence-corrected chi connectivity index (χ0v) is 23.2. The molecule has 3 aromatic carbocycles. The molecule has 1 atom stereocenters. The lowest BCUT2D eigenvalue weighted by Gasteiger charge is -2.16. The van der Waals surface area contributed by atoms with Crippen LogP contribution in [0.3, 0.4) is 0 Å². The number of nitrogens with zero attached hydrogens (tertiary/aromatic N) is 1. The number of carboxylic acids is 2. The topological polar surface area (TPSA) is 104 Å². The highest BCUT2D eigenvalue weighted by Gasteiger charge is 2.19. The van der Waals surface area contributed by atoms with Gasteiger partial charge < -0.3 is 19.8 Å². The molecule has 0 radical (unpaired) electrons. The number of ether oxygens (including phenoxy) is 1. The number of rotatable bonds is 15. The standard InChI is InChI=1S/C34H37NO6/c36-32-8-5-22-35(32)21-3-4-23-41-31-7-2-1-6-28(31)16-13-26(24-27-14-19-30(20-15-27)34(39)40)10-9-25-11-17-29(18-12-25)33(37)38/h1-2,6-7,11-20,26H,3-5,8-10,21-24H2,(H,37,38)(H,39,40). The number of hydrogen-bond donors (Lipinski definition) is 2. The fourth-order valence-corrected chi connectivity index (χ4v) is 5.04. The monoisotopic (exact) mass is 555 g/mol. The summed E-state index contributed by atoms with van der Waals surface area (Å²) in [6, 6.07) is 21.9. The van der Waals surface area contributed by atoms with Gasteiger partial charge in [0.25, 0.3) is 0 Å². The van der Waals surface area contributed by atoms with Crippen LogP contribution in [-0.4, -0.2) is 52.7 Å². The van der Waals surface area contributed by atoms with Crippen LogP contribution < -0.4 is 4.74 Å². The number of likely N-dealkylation sites (tertiary alicyclic amines) is 1. The zero-order valence-electron chi connectivity index (χ0n) is 23.2. The fraction of sp³-hybridized carbons (Fsp3) is 0.324. The number of allylic oxidation sites excluding steroid dienone is 1. The van der Waals surface area contributed by atoms with Crippen LogP contribution in [0.4, 0.5) is 0 Å². The molecule has 2 N–H and O–H groups in total. The number of benzene rings is 3. The molecule has 1 aliphatic heterocycles. The molecule has 1 amide bonds. The van der Waals surface area contributed by atoms with Gasteiger partial charge in [-0.3, -0.25) is 4.79 Å². The number of aromatic carboxylic acids is 2.